The summed E-state index contributed by atoms with van der Waals surface area (Å²) in [4.78, 5) is 12.4. The van der Waals surface area contributed by atoms with E-state index in [1.807, 2.05) is 24.3 Å². The van der Waals surface area contributed by atoms with Gasteiger partial charge < -0.3 is 10.1 Å². The number of hydrogen-bond acceptors (Lipinski definition) is 2. The third kappa shape index (κ3) is 4.52. The van der Waals surface area contributed by atoms with Crippen molar-refractivity contribution in [2.75, 3.05) is 5.32 Å². The van der Waals surface area contributed by atoms with Gasteiger partial charge in [0.05, 0.1) is 0 Å². The molecule has 1 N–H and O–H groups in total. The Hall–Kier alpha value is -2.43. The summed E-state index contributed by atoms with van der Waals surface area (Å²) in [5.74, 6) is -0.418. The third-order valence-corrected chi connectivity index (χ3v) is 3.30. The Balaban J connectivity index is 2.23. The molecule has 1 amide bonds. The van der Waals surface area contributed by atoms with Crippen LogP contribution in [-0.2, 0) is 5.41 Å². The van der Waals surface area contributed by atoms with Crippen LogP contribution >= 0.6 is 0 Å². The fourth-order valence-electron chi connectivity index (χ4n) is 2.25. The maximum Gasteiger partial charge on any atom is 0.387 e. The lowest BCUT2D eigenvalue weighted by Gasteiger charge is -2.23. The van der Waals surface area contributed by atoms with E-state index >= 15 is 0 Å². The van der Waals surface area contributed by atoms with Crippen LogP contribution in [0, 0.1) is 0 Å². The standard InChI is InChI=1S/C18H19F2NO2/c1-18(2,3)14-9-4-5-10-15(14)21-16(22)12-7-6-8-13(11-12)23-17(19)20/h4-11,17H,1-3H3,(H,21,22). The van der Waals surface area contributed by atoms with Crippen molar-refractivity contribution in [2.45, 2.75) is 32.8 Å². The molecule has 0 aliphatic heterocycles. The number of ether oxygens (including phenoxy) is 1. The number of para-hydroxylation sites is 1. The maximum atomic E-state index is 12.4. The Bertz CT molecular complexity index is 693. The minimum absolute atomic E-state index is 0.0447. The van der Waals surface area contributed by atoms with Gasteiger partial charge in [-0.05, 0) is 35.2 Å². The number of rotatable bonds is 4. The fourth-order valence-corrected chi connectivity index (χ4v) is 2.25. The van der Waals surface area contributed by atoms with Gasteiger partial charge in [-0.1, -0.05) is 45.0 Å². The normalized spacial score (nSPS) is 11.4. The van der Waals surface area contributed by atoms with Gasteiger partial charge in [-0.3, -0.25) is 4.79 Å². The number of carbonyl (C=O) groups excluding carboxylic acids is 1. The second-order valence-corrected chi connectivity index (χ2v) is 6.16. The molecule has 2 rings (SSSR count). The lowest BCUT2D eigenvalue weighted by Crippen LogP contribution is -2.18. The van der Waals surface area contributed by atoms with Crippen molar-refractivity contribution in [2.24, 2.45) is 0 Å². The van der Waals surface area contributed by atoms with E-state index in [-0.39, 0.29) is 22.6 Å². The minimum atomic E-state index is -2.92. The summed E-state index contributed by atoms with van der Waals surface area (Å²) in [7, 11) is 0. The van der Waals surface area contributed by atoms with Crippen LogP contribution in [0.25, 0.3) is 0 Å². The van der Waals surface area contributed by atoms with Gasteiger partial charge in [0.2, 0.25) is 0 Å². The van der Waals surface area contributed by atoms with Gasteiger partial charge in [0.15, 0.2) is 0 Å². The Morgan fingerprint density at radius 2 is 1.78 bits per heavy atom. The van der Waals surface area contributed by atoms with E-state index in [1.54, 1.807) is 6.07 Å². The molecule has 5 heteroatoms. The van der Waals surface area contributed by atoms with E-state index < -0.39 is 6.61 Å². The number of alkyl halides is 2. The van der Waals surface area contributed by atoms with Gasteiger partial charge in [-0.15, -0.1) is 0 Å². The topological polar surface area (TPSA) is 38.3 Å². The summed E-state index contributed by atoms with van der Waals surface area (Å²) in [6, 6.07) is 13.2. The molecule has 0 atom stereocenters. The first-order valence-electron chi connectivity index (χ1n) is 7.23. The molecule has 122 valence electrons. The highest BCUT2D eigenvalue weighted by Gasteiger charge is 2.19. The molecule has 0 fully saturated rings. The molecule has 0 aromatic heterocycles. The maximum absolute atomic E-state index is 12.4. The number of nitrogens with one attached hydrogen (secondary N) is 1. The molecule has 0 bridgehead atoms. The molecule has 0 heterocycles. The van der Waals surface area contributed by atoms with Gasteiger partial charge in [0.25, 0.3) is 5.91 Å². The van der Waals surface area contributed by atoms with Crippen molar-refractivity contribution < 1.29 is 18.3 Å². The first-order chi connectivity index (χ1) is 10.8. The number of halogens is 2. The predicted molar refractivity (Wildman–Crippen MR) is 86.2 cm³/mol. The van der Waals surface area contributed by atoms with Gasteiger partial charge in [-0.25, -0.2) is 0 Å². The molecule has 2 aromatic rings. The summed E-state index contributed by atoms with van der Waals surface area (Å²) in [5.41, 5.74) is 1.82. The van der Waals surface area contributed by atoms with Crippen LogP contribution in [0.2, 0.25) is 0 Å². The van der Waals surface area contributed by atoms with E-state index in [2.05, 4.69) is 30.8 Å². The Kier molecular flexibility index (Phi) is 4.98. The summed E-state index contributed by atoms with van der Waals surface area (Å²) in [6.45, 7) is 3.23. The number of carbonyl (C=O) groups is 1. The summed E-state index contributed by atoms with van der Waals surface area (Å²) >= 11 is 0. The highest BCUT2D eigenvalue weighted by atomic mass is 19.3. The van der Waals surface area contributed by atoms with E-state index in [9.17, 15) is 13.6 Å². The van der Waals surface area contributed by atoms with Crippen LogP contribution in [-0.4, -0.2) is 12.5 Å². The molecule has 2 aromatic carbocycles. The number of hydrogen-bond donors (Lipinski definition) is 1. The van der Waals surface area contributed by atoms with Crippen LogP contribution in [0.5, 0.6) is 5.75 Å². The van der Waals surface area contributed by atoms with Crippen molar-refractivity contribution in [3.63, 3.8) is 0 Å². The highest BCUT2D eigenvalue weighted by molar-refractivity contribution is 6.05. The molecule has 0 saturated carbocycles. The molecule has 0 spiro atoms. The molecule has 23 heavy (non-hydrogen) atoms. The highest BCUT2D eigenvalue weighted by Crippen LogP contribution is 2.29. The van der Waals surface area contributed by atoms with Gasteiger partial charge in [0, 0.05) is 11.3 Å². The molecule has 0 aliphatic carbocycles. The molecule has 0 radical (unpaired) electrons. The smallest absolute Gasteiger partial charge is 0.387 e. The summed E-state index contributed by atoms with van der Waals surface area (Å²) < 4.78 is 28.8. The molecule has 0 unspecified atom stereocenters. The van der Waals surface area contributed by atoms with Crippen molar-refractivity contribution in [1.82, 2.24) is 0 Å². The second-order valence-electron chi connectivity index (χ2n) is 6.16. The first-order valence-corrected chi connectivity index (χ1v) is 7.23. The van der Waals surface area contributed by atoms with Crippen LogP contribution in [0.3, 0.4) is 0 Å². The monoisotopic (exact) mass is 319 g/mol. The van der Waals surface area contributed by atoms with E-state index in [4.69, 9.17) is 0 Å². The summed E-state index contributed by atoms with van der Waals surface area (Å²) in [6.07, 6.45) is 0. The van der Waals surface area contributed by atoms with Gasteiger partial charge in [-0.2, -0.15) is 8.78 Å². The molecule has 0 aliphatic rings. The lowest BCUT2D eigenvalue weighted by atomic mass is 9.86. The average molecular weight is 319 g/mol. The molecular weight excluding hydrogens is 300 g/mol. The molecular formula is C18H19F2NO2. The Labute approximate surface area is 134 Å². The van der Waals surface area contributed by atoms with Crippen LogP contribution in [0.15, 0.2) is 48.5 Å². The second kappa shape index (κ2) is 6.77. The van der Waals surface area contributed by atoms with Crippen LogP contribution in [0.4, 0.5) is 14.5 Å². The van der Waals surface area contributed by atoms with E-state index in [0.717, 1.165) is 5.56 Å². The first kappa shape index (κ1) is 16.9. The van der Waals surface area contributed by atoms with Crippen molar-refractivity contribution >= 4 is 11.6 Å². The van der Waals surface area contributed by atoms with Gasteiger partial charge in [0.1, 0.15) is 5.75 Å². The number of benzene rings is 2. The van der Waals surface area contributed by atoms with Gasteiger partial charge >= 0.3 is 6.61 Å². The lowest BCUT2D eigenvalue weighted by molar-refractivity contribution is -0.0498. The zero-order chi connectivity index (χ0) is 17.0. The Morgan fingerprint density at radius 3 is 2.43 bits per heavy atom. The third-order valence-electron chi connectivity index (χ3n) is 3.30. The molecule has 3 nitrogen and oxygen atoms in total. The van der Waals surface area contributed by atoms with Crippen molar-refractivity contribution in [1.29, 1.82) is 0 Å². The molecule has 0 saturated heterocycles. The largest absolute Gasteiger partial charge is 0.435 e. The van der Waals surface area contributed by atoms with E-state index in [0.29, 0.717) is 5.69 Å². The zero-order valence-electron chi connectivity index (χ0n) is 13.3. The predicted octanol–water partition coefficient (Wildman–Crippen LogP) is 4.84. The van der Waals surface area contributed by atoms with Crippen LogP contribution < -0.4 is 10.1 Å². The quantitative estimate of drug-likeness (QED) is 0.876. The Morgan fingerprint density at radius 1 is 1.09 bits per heavy atom. The zero-order valence-corrected chi connectivity index (χ0v) is 13.3. The number of amides is 1. The minimum Gasteiger partial charge on any atom is -0.435 e. The average Bonchev–Trinajstić information content (AvgIpc) is 2.46. The summed E-state index contributed by atoms with van der Waals surface area (Å²) in [5, 5.41) is 2.83. The fraction of sp³-hybridized carbons (Fsp3) is 0.278. The van der Waals surface area contributed by atoms with E-state index in [1.165, 1.54) is 18.2 Å². The van der Waals surface area contributed by atoms with Crippen molar-refractivity contribution in [3.05, 3.63) is 59.7 Å². The van der Waals surface area contributed by atoms with Crippen LogP contribution in [0.1, 0.15) is 36.7 Å². The number of anilines is 1. The SMILES string of the molecule is CC(C)(C)c1ccccc1NC(=O)c1cccc(OC(F)F)c1. The van der Waals surface area contributed by atoms with Crippen molar-refractivity contribution in [3.8, 4) is 5.75 Å².